The molecule has 0 aliphatic rings. The first-order chi connectivity index (χ1) is 23.7. The number of allylic oxidation sites excluding steroid dienone is 8. The predicted octanol–water partition coefficient (Wildman–Crippen LogP) is 14.1. The van der Waals surface area contributed by atoms with Crippen LogP contribution in [0.1, 0.15) is 174 Å². The van der Waals surface area contributed by atoms with E-state index >= 15 is 0 Å². The van der Waals surface area contributed by atoms with Crippen molar-refractivity contribution < 1.29 is 9.47 Å². The first-order valence-electron chi connectivity index (χ1n) is 20.3. The lowest BCUT2D eigenvalue weighted by Crippen LogP contribution is -2.11. The van der Waals surface area contributed by atoms with Crippen LogP contribution < -0.4 is 9.47 Å². The van der Waals surface area contributed by atoms with Crippen molar-refractivity contribution in [2.45, 2.75) is 174 Å². The van der Waals surface area contributed by atoms with Crippen molar-refractivity contribution in [2.24, 2.45) is 0 Å². The van der Waals surface area contributed by atoms with Crippen molar-refractivity contribution in [3.63, 3.8) is 0 Å². The molecule has 274 valence electrons. The molecule has 3 nitrogen and oxygen atoms in total. The number of rotatable bonds is 34. The molecule has 1 aromatic rings. The van der Waals surface area contributed by atoms with Gasteiger partial charge in [-0.3, -0.25) is 0 Å². The van der Waals surface area contributed by atoms with E-state index in [4.69, 9.17) is 9.47 Å². The largest absolute Gasteiger partial charge is 0.490 e. The summed E-state index contributed by atoms with van der Waals surface area (Å²) in [5.41, 5.74) is 1.27. The highest BCUT2D eigenvalue weighted by Gasteiger charge is 2.08. The first-order valence-corrected chi connectivity index (χ1v) is 20.3. The highest BCUT2D eigenvalue weighted by molar-refractivity contribution is 5.43. The average molecular weight is 664 g/mol. The molecule has 0 unspecified atom stereocenters. The van der Waals surface area contributed by atoms with Crippen LogP contribution in [-0.2, 0) is 6.54 Å². The Morgan fingerprint density at radius 2 is 0.854 bits per heavy atom. The number of unbranched alkanes of at least 4 members (excludes halogenated alkanes) is 18. The molecule has 0 radical (unpaired) electrons. The first kappa shape index (κ1) is 43.8. The normalized spacial score (nSPS) is 12.2. The molecule has 1 aromatic carbocycles. The molecule has 0 N–H and O–H groups in total. The van der Waals surface area contributed by atoms with Gasteiger partial charge in [-0.25, -0.2) is 0 Å². The Bertz CT molecular complexity index is 944. The number of hydrogen-bond acceptors (Lipinski definition) is 3. The molecule has 0 saturated heterocycles. The van der Waals surface area contributed by atoms with Crippen LogP contribution in [0.5, 0.6) is 11.5 Å². The fourth-order valence-corrected chi connectivity index (χ4v) is 5.79. The lowest BCUT2D eigenvalue weighted by atomic mass is 10.1. The van der Waals surface area contributed by atoms with E-state index in [9.17, 15) is 0 Å². The van der Waals surface area contributed by atoms with Crippen molar-refractivity contribution >= 4 is 0 Å². The quantitative estimate of drug-likeness (QED) is 0.0541. The van der Waals surface area contributed by atoms with E-state index in [1.165, 1.54) is 134 Å². The summed E-state index contributed by atoms with van der Waals surface area (Å²) in [4.78, 5) is 2.20. The highest BCUT2D eigenvalue weighted by Crippen LogP contribution is 2.29. The van der Waals surface area contributed by atoms with Gasteiger partial charge in [-0.15, -0.1) is 0 Å². The molecule has 0 saturated carbocycles. The summed E-state index contributed by atoms with van der Waals surface area (Å²) in [5.74, 6) is 1.82. The summed E-state index contributed by atoms with van der Waals surface area (Å²) in [5, 5.41) is 0. The van der Waals surface area contributed by atoms with Crippen LogP contribution in [0.25, 0.3) is 0 Å². The van der Waals surface area contributed by atoms with Crippen LogP contribution in [0.4, 0.5) is 0 Å². The Labute approximate surface area is 299 Å². The average Bonchev–Trinajstić information content (AvgIpc) is 3.08. The molecule has 0 bridgehead atoms. The van der Waals surface area contributed by atoms with Crippen LogP contribution >= 0.6 is 0 Å². The monoisotopic (exact) mass is 664 g/mol. The number of hydrogen-bond donors (Lipinski definition) is 0. The van der Waals surface area contributed by atoms with Gasteiger partial charge in [0, 0.05) is 6.54 Å². The molecule has 1 rings (SSSR count). The maximum Gasteiger partial charge on any atom is 0.161 e. The molecule has 0 amide bonds. The van der Waals surface area contributed by atoms with Crippen molar-refractivity contribution in [2.75, 3.05) is 27.3 Å². The molecule has 0 fully saturated rings. The Balaban J connectivity index is 2.15. The van der Waals surface area contributed by atoms with Crippen molar-refractivity contribution in [1.82, 2.24) is 4.90 Å². The second-order valence-electron chi connectivity index (χ2n) is 13.9. The minimum absolute atomic E-state index is 0.765. The minimum Gasteiger partial charge on any atom is -0.490 e. The fraction of sp³-hybridized carbons (Fsp3) is 0.689. The topological polar surface area (TPSA) is 21.7 Å². The Kier molecular flexibility index (Phi) is 31.5. The van der Waals surface area contributed by atoms with Crippen LogP contribution in [0.15, 0.2) is 66.8 Å². The van der Waals surface area contributed by atoms with E-state index in [0.29, 0.717) is 0 Å². The molecular formula is C45H77NO2. The summed E-state index contributed by atoms with van der Waals surface area (Å²) < 4.78 is 12.5. The van der Waals surface area contributed by atoms with E-state index in [1.807, 2.05) is 0 Å². The van der Waals surface area contributed by atoms with Gasteiger partial charge in [-0.2, -0.15) is 0 Å². The van der Waals surface area contributed by atoms with E-state index in [2.05, 4.69) is 99.6 Å². The lowest BCUT2D eigenvalue weighted by molar-refractivity contribution is 0.257. The van der Waals surface area contributed by atoms with Gasteiger partial charge in [0.2, 0.25) is 0 Å². The summed E-state index contributed by atoms with van der Waals surface area (Å²) >= 11 is 0. The van der Waals surface area contributed by atoms with Crippen LogP contribution in [0.3, 0.4) is 0 Å². The molecule has 0 aliphatic heterocycles. The van der Waals surface area contributed by atoms with E-state index < -0.39 is 0 Å². The third-order valence-corrected chi connectivity index (χ3v) is 8.71. The minimum atomic E-state index is 0.765. The molecule has 0 heterocycles. The van der Waals surface area contributed by atoms with Gasteiger partial charge in [-0.1, -0.05) is 146 Å². The Hall–Kier alpha value is -2.26. The predicted molar refractivity (Wildman–Crippen MR) is 214 cm³/mol. The fourth-order valence-electron chi connectivity index (χ4n) is 5.79. The maximum absolute atomic E-state index is 6.29. The Morgan fingerprint density at radius 1 is 0.458 bits per heavy atom. The molecule has 0 spiro atoms. The lowest BCUT2D eigenvalue weighted by Gasteiger charge is -2.16. The van der Waals surface area contributed by atoms with E-state index in [1.54, 1.807) is 0 Å². The van der Waals surface area contributed by atoms with Gasteiger partial charge >= 0.3 is 0 Å². The SMILES string of the molecule is CCCCCC=CCC=CCCCCCCCCOc1ccc(CN(C)C)cc1OCCCCCCCCC=CCC=CCCCCC. The second-order valence-corrected chi connectivity index (χ2v) is 13.9. The third-order valence-electron chi connectivity index (χ3n) is 8.71. The molecule has 48 heavy (non-hydrogen) atoms. The number of nitrogens with zero attached hydrogens (tertiary/aromatic N) is 1. The van der Waals surface area contributed by atoms with E-state index in [-0.39, 0.29) is 0 Å². The summed E-state index contributed by atoms with van der Waals surface area (Å²) in [6.45, 7) is 6.97. The molecule has 3 heteroatoms. The van der Waals surface area contributed by atoms with E-state index in [0.717, 1.165) is 56.9 Å². The highest BCUT2D eigenvalue weighted by atomic mass is 16.5. The van der Waals surface area contributed by atoms with Gasteiger partial charge < -0.3 is 14.4 Å². The van der Waals surface area contributed by atoms with Gasteiger partial charge in [0.25, 0.3) is 0 Å². The third kappa shape index (κ3) is 28.7. The maximum atomic E-state index is 6.29. The van der Waals surface area contributed by atoms with Crippen molar-refractivity contribution in [1.29, 1.82) is 0 Å². The smallest absolute Gasteiger partial charge is 0.161 e. The molecule has 0 aromatic heterocycles. The van der Waals surface area contributed by atoms with Gasteiger partial charge in [0.1, 0.15) is 0 Å². The van der Waals surface area contributed by atoms with Gasteiger partial charge in [0.15, 0.2) is 11.5 Å². The van der Waals surface area contributed by atoms with Crippen molar-refractivity contribution in [3.05, 3.63) is 72.4 Å². The summed E-state index contributed by atoms with van der Waals surface area (Å²) in [7, 11) is 4.22. The van der Waals surface area contributed by atoms with Crippen LogP contribution in [0, 0.1) is 0 Å². The molecule has 0 atom stereocenters. The zero-order chi connectivity index (χ0) is 34.6. The Morgan fingerprint density at radius 3 is 1.29 bits per heavy atom. The van der Waals surface area contributed by atoms with Crippen LogP contribution in [-0.4, -0.2) is 32.2 Å². The zero-order valence-electron chi connectivity index (χ0n) is 32.2. The van der Waals surface area contributed by atoms with Crippen molar-refractivity contribution in [3.8, 4) is 11.5 Å². The second kappa shape index (κ2) is 34.6. The summed E-state index contributed by atoms with van der Waals surface area (Å²) in [6.07, 6.45) is 49.0. The number of ether oxygens (including phenoxy) is 2. The zero-order valence-corrected chi connectivity index (χ0v) is 32.2. The molecule has 0 aliphatic carbocycles. The van der Waals surface area contributed by atoms with Gasteiger partial charge in [0.05, 0.1) is 13.2 Å². The number of benzene rings is 1. The standard InChI is InChI=1S/C45H77NO2/c1-5-7-9-11-13-15-17-19-21-23-25-27-29-31-33-35-39-47-44-38-37-43(42-46(3)4)41-45(44)48-40-36-34-32-30-28-26-24-22-20-18-16-14-12-10-8-6-2/h13-16,19-22,37-38,41H,5-12,17-18,23-36,39-40,42H2,1-4H3. The molecular weight excluding hydrogens is 587 g/mol. The van der Waals surface area contributed by atoms with Gasteiger partial charge in [-0.05, 0) is 109 Å². The van der Waals surface area contributed by atoms with Crippen LogP contribution in [0.2, 0.25) is 0 Å². The summed E-state index contributed by atoms with van der Waals surface area (Å²) in [6, 6.07) is 6.48.